The molecule has 0 saturated carbocycles. The van der Waals surface area contributed by atoms with Crippen LogP contribution in [0.5, 0.6) is 0 Å². The molecule has 686 valence electrons. The van der Waals surface area contributed by atoms with Crippen LogP contribution >= 0.6 is 11.6 Å². The van der Waals surface area contributed by atoms with Gasteiger partial charge in [-0.05, 0) is 213 Å². The third-order valence-corrected chi connectivity index (χ3v) is 14.5. The zero-order valence-corrected chi connectivity index (χ0v) is 74.8. The Balaban J connectivity index is 0.000000516. The molecule has 0 fully saturated rings. The van der Waals surface area contributed by atoms with E-state index >= 15 is 0 Å². The van der Waals surface area contributed by atoms with E-state index in [1.54, 1.807) is 273 Å². The number of ketones is 1. The summed E-state index contributed by atoms with van der Waals surface area (Å²) in [5.74, 6) is -6.41. The van der Waals surface area contributed by atoms with E-state index in [2.05, 4.69) is 109 Å². The van der Waals surface area contributed by atoms with E-state index in [1.807, 2.05) is 26.0 Å². The highest BCUT2D eigenvalue weighted by Crippen LogP contribution is 2.13. The minimum atomic E-state index is -0.904. The Bertz CT molecular complexity index is 5260. The molecule has 1 aromatic heterocycles. The van der Waals surface area contributed by atoms with Crippen LogP contribution in [0.25, 0.3) is 4.85 Å². The summed E-state index contributed by atoms with van der Waals surface area (Å²) >= 11 is 5.64. The van der Waals surface area contributed by atoms with Crippen LogP contribution in [0.3, 0.4) is 0 Å². The van der Waals surface area contributed by atoms with Gasteiger partial charge in [0.15, 0.2) is 5.78 Å². The Morgan fingerprint density at radius 3 is 1.10 bits per heavy atom. The first-order valence-electron chi connectivity index (χ1n) is 38.9. The predicted octanol–water partition coefficient (Wildman–Crippen LogP) is 17.3. The number of nitrogens with zero attached hydrogens (tertiary/aromatic N) is 11. The first-order chi connectivity index (χ1) is 62.7. The molecule has 0 bridgehead atoms. The SMILES string of the molecule is C/C=N/OC(=O)c1ccc(Cl)cc1.CC(=N\OC(=O)c1ccccc1)/C(C)=N/OC(=O)c1ccccc1.CC(=O)/C(C)=N\OC(=O)c1ccco1.CC(C)=NOC(=O)c1ccccc1.CCO/C(C)=N\OC(=O)c1ccccc1.COCC(=O)O/N=C(\C)CC(C)C.O=C(ON=C1C=CC(=NOC(=O)c2ccccc2)C=C1)c1ccccc1.[C-]#[N+]/C(=N/OC(C)=O)C(=O)OCC. The molecule has 0 saturated heterocycles. The van der Waals surface area contributed by atoms with Crippen molar-refractivity contribution in [2.24, 2.45) is 57.5 Å². The summed E-state index contributed by atoms with van der Waals surface area (Å²) in [6.07, 6.45) is 9.94. The van der Waals surface area contributed by atoms with Crippen molar-refractivity contribution >= 4 is 141 Å². The number of allylic oxidation sites excluding steroid dienone is 4. The molecule has 9 rings (SSSR count). The molecule has 0 unspecified atom stereocenters. The van der Waals surface area contributed by atoms with Gasteiger partial charge >= 0.3 is 71.5 Å². The summed E-state index contributed by atoms with van der Waals surface area (Å²) in [6.45, 7) is 30.4. The van der Waals surface area contributed by atoms with Crippen LogP contribution in [0.1, 0.15) is 186 Å². The Hall–Kier alpha value is -16.6. The average Bonchev–Trinajstić information content (AvgIpc) is 1.09. The number of halogens is 1. The van der Waals surface area contributed by atoms with Crippen molar-refractivity contribution in [1.82, 2.24) is 0 Å². The Morgan fingerprint density at radius 2 is 0.763 bits per heavy atom. The Morgan fingerprint density at radius 1 is 0.405 bits per heavy atom. The highest BCUT2D eigenvalue weighted by atomic mass is 35.5. The molecule has 1 aliphatic carbocycles. The fourth-order valence-electron chi connectivity index (χ4n) is 8.01. The molecule has 7 aromatic carbocycles. The summed E-state index contributed by atoms with van der Waals surface area (Å²) in [5, 5.41) is 36.0. The Kier molecular flexibility index (Phi) is 55.6. The molecule has 37 nitrogen and oxygen atoms in total. The number of Topliss-reactive ketones (excluding diaryl/α,β-unsaturated/α-hetero) is 1. The third-order valence-electron chi connectivity index (χ3n) is 14.3. The molecular formula is C93H96ClN11O26. The van der Waals surface area contributed by atoms with Crippen LogP contribution < -0.4 is 0 Å². The van der Waals surface area contributed by atoms with E-state index in [0.29, 0.717) is 90.9 Å². The van der Waals surface area contributed by atoms with Gasteiger partial charge in [0, 0.05) is 39.1 Å². The number of hydrogen-bond acceptors (Lipinski definition) is 36. The Labute approximate surface area is 759 Å². The van der Waals surface area contributed by atoms with Gasteiger partial charge in [-0.3, -0.25) is 9.59 Å². The van der Waals surface area contributed by atoms with Gasteiger partial charge in [0.05, 0.1) is 75.0 Å². The molecule has 0 spiro atoms. The number of carbonyl (C=O) groups excluding carboxylic acids is 12. The second-order valence-electron chi connectivity index (χ2n) is 25.6. The first kappa shape index (κ1) is 110. The number of esters is 1. The van der Waals surface area contributed by atoms with Crippen molar-refractivity contribution in [2.75, 3.05) is 26.9 Å². The number of rotatable bonds is 26. The van der Waals surface area contributed by atoms with Crippen LogP contribution in [0.4, 0.5) is 0 Å². The number of carbonyl (C=O) groups is 12. The van der Waals surface area contributed by atoms with Gasteiger partial charge < -0.3 is 67.0 Å². The van der Waals surface area contributed by atoms with Crippen molar-refractivity contribution < 1.29 is 125 Å². The lowest BCUT2D eigenvalue weighted by atomic mass is 10.1. The molecule has 0 amide bonds. The maximum absolute atomic E-state index is 11.8. The minimum Gasteiger partial charge on any atom is -0.479 e. The van der Waals surface area contributed by atoms with E-state index in [9.17, 15) is 57.5 Å². The highest BCUT2D eigenvalue weighted by molar-refractivity contribution is 6.40. The third kappa shape index (κ3) is 50.8. The van der Waals surface area contributed by atoms with Crippen molar-refractivity contribution in [3.8, 4) is 0 Å². The second-order valence-corrected chi connectivity index (χ2v) is 26.0. The standard InChI is InChI=1S/C20H14N2O4.C18H16N2O4.C11H13NO3.C10H11NO2.C9H8ClNO2.C9H9NO4.C9H17NO3.C7H8N2O4/c23-19(15-7-3-1-4-8-15)25-21-17-11-13-18(14-12-17)22-26-20(24)16-9-5-2-6-10-16;1-13(19-23-17(21)15-9-5-3-6-10-15)14(2)20-24-18(22)16-11-7-4-8-12-16;1-3-14-9(2)12-15-11(13)10-7-5-4-6-8-10;1-8(2)11-13-10(12)9-6-4-3-5-7-9;1-2-11-13-9(12)7-3-5-8(10)6-4-7;1-6(7(2)11)10-14-9(12)8-4-3-5-13-8;1-7(2)5-8(3)10-13-9(11)6-12-4;1-4-12-7(11)6(8-3)9-13-5(2)10/h1-14H;3-12H,1-2H3;4-8H,3H2,1-2H3;3-7H,1-2H3;2-6H,1H3;3-5H,1-2H3;7H,5-6H2,1-4H3;4H2,1-2H3/b;19-13+,20-14+;12-9-;;11-2+;10-6-;10-8+;9-6+. The predicted molar refractivity (Wildman–Crippen MR) is 486 cm³/mol. The van der Waals surface area contributed by atoms with Gasteiger partial charge in [-0.2, -0.15) is 0 Å². The van der Waals surface area contributed by atoms with E-state index in [-0.39, 0.29) is 30.5 Å². The number of furan rings is 1. The molecule has 0 atom stereocenters. The van der Waals surface area contributed by atoms with E-state index in [4.69, 9.17) is 46.7 Å². The zero-order valence-electron chi connectivity index (χ0n) is 74.1. The molecule has 131 heavy (non-hydrogen) atoms. The topological polar surface area (TPSA) is 466 Å². The average molecular weight is 1820 g/mol. The van der Waals surface area contributed by atoms with Crippen LogP contribution in [-0.2, 0) is 81.8 Å². The molecule has 0 radical (unpaired) electrons. The lowest BCUT2D eigenvalue weighted by Crippen LogP contribution is -2.14. The highest BCUT2D eigenvalue weighted by Gasteiger charge is 2.17. The molecule has 8 aromatic rings. The maximum Gasteiger partial charge on any atom is 0.400 e. The van der Waals surface area contributed by atoms with Gasteiger partial charge in [0.25, 0.3) is 0 Å². The van der Waals surface area contributed by atoms with Gasteiger partial charge in [0.1, 0.15) is 35.2 Å². The summed E-state index contributed by atoms with van der Waals surface area (Å²) in [4.78, 5) is 184. The van der Waals surface area contributed by atoms with Crippen LogP contribution in [0.15, 0.2) is 305 Å². The maximum atomic E-state index is 11.8. The number of benzene rings is 7. The van der Waals surface area contributed by atoms with Crippen LogP contribution in [0.2, 0.25) is 5.02 Å². The number of methoxy groups -OCH3 is 1. The van der Waals surface area contributed by atoms with Crippen LogP contribution in [-0.4, -0.2) is 156 Å². The smallest absolute Gasteiger partial charge is 0.400 e. The fourth-order valence-corrected chi connectivity index (χ4v) is 8.14. The lowest BCUT2D eigenvalue weighted by Gasteiger charge is -2.03. The number of hydrogen-bond donors (Lipinski definition) is 0. The van der Waals surface area contributed by atoms with E-state index in [0.717, 1.165) is 19.1 Å². The van der Waals surface area contributed by atoms with Gasteiger partial charge in [-0.1, -0.05) is 182 Å². The molecule has 0 aliphatic heterocycles. The summed E-state index contributed by atoms with van der Waals surface area (Å²) < 4.78 is 18.8. The first-order valence-corrected chi connectivity index (χ1v) is 39.3. The van der Waals surface area contributed by atoms with Gasteiger partial charge in [-0.15, -0.1) is 0 Å². The van der Waals surface area contributed by atoms with Crippen molar-refractivity contribution in [3.63, 3.8) is 0 Å². The summed E-state index contributed by atoms with van der Waals surface area (Å²) in [6, 6.07) is 60.9. The van der Waals surface area contributed by atoms with Crippen molar-refractivity contribution in [3.05, 3.63) is 310 Å². The number of oxime groups is 10. The van der Waals surface area contributed by atoms with Crippen molar-refractivity contribution in [2.45, 2.75) is 103 Å². The van der Waals surface area contributed by atoms with E-state index in [1.165, 1.54) is 39.5 Å². The minimum absolute atomic E-state index is 0.0464. The number of ether oxygens (including phenoxy) is 3. The zero-order chi connectivity index (χ0) is 97.1. The monoisotopic (exact) mass is 1820 g/mol. The largest absolute Gasteiger partial charge is 0.479 e. The van der Waals surface area contributed by atoms with E-state index < -0.39 is 71.5 Å². The van der Waals surface area contributed by atoms with Gasteiger partial charge in [0.2, 0.25) is 11.7 Å². The van der Waals surface area contributed by atoms with Crippen LogP contribution in [0, 0.1) is 12.5 Å². The molecule has 1 heterocycles. The molecule has 1 aliphatic rings. The summed E-state index contributed by atoms with van der Waals surface area (Å²) in [7, 11) is 1.44. The fraction of sp³-hybridized carbons (Fsp3) is 0.215. The molecular weight excluding hydrogens is 1720 g/mol. The second kappa shape index (κ2) is 65.9. The quantitative estimate of drug-likeness (QED) is 0.00924. The molecule has 38 heteroatoms. The van der Waals surface area contributed by atoms with Gasteiger partial charge in [-0.25, -0.2) is 52.8 Å². The van der Waals surface area contributed by atoms with Crippen molar-refractivity contribution in [1.29, 1.82) is 0 Å². The molecule has 0 N–H and O–H groups in total. The lowest BCUT2D eigenvalue weighted by molar-refractivity contribution is -0.148. The normalized spacial score (nSPS) is 11.2. The number of amidine groups is 1. The summed E-state index contributed by atoms with van der Waals surface area (Å²) in [5.41, 5.74) is 6.16.